The van der Waals surface area contributed by atoms with Gasteiger partial charge in [0.05, 0.1) is 12.1 Å². The van der Waals surface area contributed by atoms with Crippen LogP contribution in [0.5, 0.6) is 0 Å². The van der Waals surface area contributed by atoms with Crippen molar-refractivity contribution in [3.8, 4) is 11.1 Å². The number of carboxylic acids is 1. The minimum atomic E-state index is -0.935. The zero-order chi connectivity index (χ0) is 21.5. The van der Waals surface area contributed by atoms with E-state index in [1.54, 1.807) is 18.2 Å². The molecular weight excluding hydrogens is 374 g/mol. The highest BCUT2D eigenvalue weighted by atomic mass is 16.4. The van der Waals surface area contributed by atoms with Crippen molar-refractivity contribution in [1.82, 2.24) is 0 Å². The second-order valence-corrected chi connectivity index (χ2v) is 7.45. The van der Waals surface area contributed by atoms with Crippen LogP contribution < -0.4 is 4.90 Å². The van der Waals surface area contributed by atoms with E-state index in [4.69, 9.17) is 0 Å². The van der Waals surface area contributed by atoms with Crippen LogP contribution >= 0.6 is 0 Å². The van der Waals surface area contributed by atoms with Crippen LogP contribution in [0.15, 0.2) is 72.8 Å². The molecule has 0 atom stereocenters. The van der Waals surface area contributed by atoms with Gasteiger partial charge >= 0.3 is 5.97 Å². The van der Waals surface area contributed by atoms with Gasteiger partial charge in [-0.15, -0.1) is 0 Å². The first-order chi connectivity index (χ1) is 14.5. The number of carbonyl (C=O) groups is 2. The molecule has 3 aromatic carbocycles. The van der Waals surface area contributed by atoms with E-state index >= 15 is 0 Å². The van der Waals surface area contributed by atoms with Crippen molar-refractivity contribution in [2.75, 3.05) is 4.90 Å². The number of carbonyl (C=O) groups excluding carboxylic acids is 1. The normalized spacial score (nSPS) is 10.6. The highest BCUT2D eigenvalue weighted by Gasteiger charge is 2.16. The van der Waals surface area contributed by atoms with Gasteiger partial charge in [-0.25, -0.2) is 4.79 Å². The third-order valence-corrected chi connectivity index (χ3v) is 5.17. The maximum atomic E-state index is 12.9. The average molecular weight is 402 g/mol. The van der Waals surface area contributed by atoms with Crippen LogP contribution in [0.4, 0.5) is 5.69 Å². The Balaban J connectivity index is 1.88. The molecule has 3 rings (SSSR count). The monoisotopic (exact) mass is 401 g/mol. The molecule has 0 saturated carbocycles. The van der Waals surface area contributed by atoms with E-state index in [0.29, 0.717) is 13.0 Å². The largest absolute Gasteiger partial charge is 0.478 e. The fourth-order valence-electron chi connectivity index (χ4n) is 3.54. The lowest BCUT2D eigenvalue weighted by Crippen LogP contribution is -2.30. The van der Waals surface area contributed by atoms with E-state index in [1.165, 1.54) is 0 Å². The molecule has 0 fully saturated rings. The van der Waals surface area contributed by atoms with Gasteiger partial charge in [0.25, 0.3) is 0 Å². The Morgan fingerprint density at radius 3 is 2.37 bits per heavy atom. The standard InChI is InChI=1S/C26H27NO3/c1-3-4-13-25(28)27(23-11-6-5-7-12-23)18-20-14-15-24(19(2)16-20)21-9-8-10-22(17-21)26(29)30/h5-12,14-17H,3-4,13,18H2,1-2H3,(H,29,30). The molecule has 4 heteroatoms. The van der Waals surface area contributed by atoms with E-state index in [1.807, 2.05) is 60.4 Å². The summed E-state index contributed by atoms with van der Waals surface area (Å²) in [5.41, 5.74) is 5.12. The van der Waals surface area contributed by atoms with Gasteiger partial charge in [-0.3, -0.25) is 4.79 Å². The molecule has 4 nitrogen and oxygen atoms in total. The number of hydrogen-bond donors (Lipinski definition) is 1. The highest BCUT2D eigenvalue weighted by molar-refractivity contribution is 5.93. The molecule has 0 aliphatic heterocycles. The third-order valence-electron chi connectivity index (χ3n) is 5.17. The van der Waals surface area contributed by atoms with Crippen LogP contribution in [-0.4, -0.2) is 17.0 Å². The Morgan fingerprint density at radius 2 is 1.70 bits per heavy atom. The minimum Gasteiger partial charge on any atom is -0.478 e. The van der Waals surface area contributed by atoms with E-state index in [0.717, 1.165) is 40.8 Å². The van der Waals surface area contributed by atoms with Crippen LogP contribution in [-0.2, 0) is 11.3 Å². The Morgan fingerprint density at radius 1 is 0.933 bits per heavy atom. The molecule has 0 spiro atoms. The van der Waals surface area contributed by atoms with Gasteiger partial charge in [0, 0.05) is 12.1 Å². The van der Waals surface area contributed by atoms with Crippen molar-refractivity contribution in [3.05, 3.63) is 89.5 Å². The average Bonchev–Trinajstić information content (AvgIpc) is 2.76. The molecule has 1 amide bonds. The Kier molecular flexibility index (Phi) is 7.02. The third kappa shape index (κ3) is 5.15. The predicted octanol–water partition coefficient (Wildman–Crippen LogP) is 6.08. The van der Waals surface area contributed by atoms with Gasteiger partial charge in [0.2, 0.25) is 5.91 Å². The quantitative estimate of drug-likeness (QED) is 0.497. The van der Waals surface area contributed by atoms with Crippen molar-refractivity contribution < 1.29 is 14.7 Å². The molecule has 0 saturated heterocycles. The summed E-state index contributed by atoms with van der Waals surface area (Å²) in [5.74, 6) is -0.811. The van der Waals surface area contributed by atoms with E-state index in [9.17, 15) is 14.7 Å². The number of unbranched alkanes of at least 4 members (excludes halogenated alkanes) is 1. The van der Waals surface area contributed by atoms with Crippen LogP contribution in [0.25, 0.3) is 11.1 Å². The number of aryl methyl sites for hydroxylation is 1. The molecule has 3 aromatic rings. The molecule has 0 unspecified atom stereocenters. The first-order valence-corrected chi connectivity index (χ1v) is 10.3. The van der Waals surface area contributed by atoms with E-state index in [2.05, 4.69) is 13.0 Å². The van der Waals surface area contributed by atoms with Crippen molar-refractivity contribution in [1.29, 1.82) is 0 Å². The Hall–Kier alpha value is -3.40. The predicted molar refractivity (Wildman–Crippen MR) is 121 cm³/mol. The number of para-hydroxylation sites is 1. The lowest BCUT2D eigenvalue weighted by molar-refractivity contribution is -0.118. The summed E-state index contributed by atoms with van der Waals surface area (Å²) in [6.45, 7) is 4.60. The zero-order valence-electron chi connectivity index (χ0n) is 17.5. The van der Waals surface area contributed by atoms with Gasteiger partial charge in [-0.1, -0.05) is 61.9 Å². The van der Waals surface area contributed by atoms with Gasteiger partial charge in [-0.05, 0) is 59.9 Å². The van der Waals surface area contributed by atoms with Gasteiger partial charge < -0.3 is 10.0 Å². The van der Waals surface area contributed by atoms with Crippen molar-refractivity contribution in [3.63, 3.8) is 0 Å². The molecule has 0 heterocycles. The fraction of sp³-hybridized carbons (Fsp3) is 0.231. The number of nitrogens with zero attached hydrogens (tertiary/aromatic N) is 1. The summed E-state index contributed by atoms with van der Waals surface area (Å²) < 4.78 is 0. The van der Waals surface area contributed by atoms with Crippen molar-refractivity contribution in [2.45, 2.75) is 39.7 Å². The fourth-order valence-corrected chi connectivity index (χ4v) is 3.54. The van der Waals surface area contributed by atoms with E-state index < -0.39 is 5.97 Å². The molecular formula is C26H27NO3. The highest BCUT2D eigenvalue weighted by Crippen LogP contribution is 2.27. The van der Waals surface area contributed by atoms with Crippen molar-refractivity contribution >= 4 is 17.6 Å². The molecule has 1 N–H and O–H groups in total. The lowest BCUT2D eigenvalue weighted by atomic mass is 9.97. The van der Waals surface area contributed by atoms with Crippen LogP contribution in [0.1, 0.15) is 47.7 Å². The number of hydrogen-bond acceptors (Lipinski definition) is 2. The lowest BCUT2D eigenvalue weighted by Gasteiger charge is -2.23. The smallest absolute Gasteiger partial charge is 0.335 e. The van der Waals surface area contributed by atoms with Crippen LogP contribution in [0.2, 0.25) is 0 Å². The second kappa shape index (κ2) is 9.88. The first kappa shape index (κ1) is 21.3. The molecule has 154 valence electrons. The maximum absolute atomic E-state index is 12.9. The van der Waals surface area contributed by atoms with E-state index in [-0.39, 0.29) is 11.5 Å². The molecule has 0 radical (unpaired) electrons. The first-order valence-electron chi connectivity index (χ1n) is 10.3. The topological polar surface area (TPSA) is 57.6 Å². The number of rotatable bonds is 8. The zero-order valence-corrected chi connectivity index (χ0v) is 17.5. The minimum absolute atomic E-state index is 0.124. The summed E-state index contributed by atoms with van der Waals surface area (Å²) in [5, 5.41) is 9.25. The van der Waals surface area contributed by atoms with Gasteiger partial charge in [-0.2, -0.15) is 0 Å². The summed E-state index contributed by atoms with van der Waals surface area (Å²) in [7, 11) is 0. The summed E-state index contributed by atoms with van der Waals surface area (Å²) in [4.78, 5) is 26.0. The van der Waals surface area contributed by atoms with Crippen LogP contribution in [0, 0.1) is 6.92 Å². The number of amides is 1. The van der Waals surface area contributed by atoms with Gasteiger partial charge in [0.1, 0.15) is 0 Å². The number of carboxylic acid groups (broad SMARTS) is 1. The van der Waals surface area contributed by atoms with Gasteiger partial charge in [0.15, 0.2) is 0 Å². The van der Waals surface area contributed by atoms with Crippen LogP contribution in [0.3, 0.4) is 0 Å². The Bertz CT molecular complexity index is 1030. The molecule has 0 aliphatic rings. The summed E-state index contributed by atoms with van der Waals surface area (Å²) in [6.07, 6.45) is 2.39. The summed E-state index contributed by atoms with van der Waals surface area (Å²) in [6, 6.07) is 22.8. The SMILES string of the molecule is CCCCC(=O)N(Cc1ccc(-c2cccc(C(=O)O)c2)c(C)c1)c1ccccc1. The number of benzene rings is 3. The Labute approximate surface area is 177 Å². The molecule has 0 aromatic heterocycles. The summed E-state index contributed by atoms with van der Waals surface area (Å²) >= 11 is 0. The molecule has 0 aliphatic carbocycles. The van der Waals surface area contributed by atoms with Crippen molar-refractivity contribution in [2.24, 2.45) is 0 Å². The maximum Gasteiger partial charge on any atom is 0.335 e. The molecule has 30 heavy (non-hydrogen) atoms. The second-order valence-electron chi connectivity index (χ2n) is 7.45. The number of anilines is 1. The molecule has 0 bridgehead atoms. The number of aromatic carboxylic acids is 1.